The van der Waals surface area contributed by atoms with Crippen molar-refractivity contribution in [1.29, 1.82) is 0 Å². The molecule has 0 aliphatic rings. The van der Waals surface area contributed by atoms with Crippen LogP contribution in [0.25, 0.3) is 6.08 Å². The van der Waals surface area contributed by atoms with E-state index in [9.17, 15) is 0 Å². The summed E-state index contributed by atoms with van der Waals surface area (Å²) in [7, 11) is 0. The van der Waals surface area contributed by atoms with Gasteiger partial charge in [-0.25, -0.2) is 0 Å². The molecule has 0 radical (unpaired) electrons. The summed E-state index contributed by atoms with van der Waals surface area (Å²) in [6.45, 7) is 20.2. The lowest BCUT2D eigenvalue weighted by Gasteiger charge is -1.99. The van der Waals surface area contributed by atoms with Crippen LogP contribution in [0.3, 0.4) is 0 Å². The van der Waals surface area contributed by atoms with Crippen molar-refractivity contribution >= 4 is 6.08 Å². The SMILES string of the molecule is C=Cc1cc(C)ccc1C.CC.CC.CCC. The fourth-order valence-corrected chi connectivity index (χ4v) is 0.980. The highest BCUT2D eigenvalue weighted by molar-refractivity contribution is 5.52. The van der Waals surface area contributed by atoms with Crippen LogP contribution >= 0.6 is 0 Å². The van der Waals surface area contributed by atoms with Gasteiger partial charge in [-0.3, -0.25) is 0 Å². The van der Waals surface area contributed by atoms with Gasteiger partial charge >= 0.3 is 0 Å². The van der Waals surface area contributed by atoms with Crippen molar-refractivity contribution in [2.24, 2.45) is 0 Å². The third kappa shape index (κ3) is 12.9. The second kappa shape index (κ2) is 17.4. The Kier molecular flexibility index (Phi) is 21.7. The van der Waals surface area contributed by atoms with Crippen molar-refractivity contribution in [2.45, 2.75) is 61.8 Å². The van der Waals surface area contributed by atoms with Crippen LogP contribution in [0, 0.1) is 13.8 Å². The Morgan fingerprint density at radius 3 is 1.71 bits per heavy atom. The van der Waals surface area contributed by atoms with Crippen LogP contribution in [0.5, 0.6) is 0 Å². The molecule has 0 unspecified atom stereocenters. The van der Waals surface area contributed by atoms with Gasteiger partial charge in [-0.1, -0.05) is 84.4 Å². The van der Waals surface area contributed by atoms with E-state index in [-0.39, 0.29) is 0 Å². The topological polar surface area (TPSA) is 0 Å². The van der Waals surface area contributed by atoms with Crippen LogP contribution in [0.2, 0.25) is 0 Å². The highest BCUT2D eigenvalue weighted by atomic mass is 14.0. The minimum atomic E-state index is 1.24. The largest absolute Gasteiger partial charge is 0.0985 e. The lowest BCUT2D eigenvalue weighted by molar-refractivity contribution is 1.09. The Balaban J connectivity index is -0.000000239. The average molecular weight is 236 g/mol. The molecule has 0 heteroatoms. The monoisotopic (exact) mass is 236 g/mol. The number of rotatable bonds is 1. The number of aryl methyl sites for hydroxylation is 2. The van der Waals surface area contributed by atoms with Crippen LogP contribution in [0.1, 0.15) is 64.7 Å². The van der Waals surface area contributed by atoms with E-state index in [0.717, 1.165) is 0 Å². The van der Waals surface area contributed by atoms with Crippen molar-refractivity contribution in [3.8, 4) is 0 Å². The molecule has 0 N–H and O–H groups in total. The Bertz CT molecular complexity index is 259. The lowest BCUT2D eigenvalue weighted by Crippen LogP contribution is -1.80. The van der Waals surface area contributed by atoms with Crippen LogP contribution in [-0.4, -0.2) is 0 Å². The number of benzene rings is 1. The van der Waals surface area contributed by atoms with E-state index >= 15 is 0 Å². The van der Waals surface area contributed by atoms with Crippen molar-refractivity contribution in [3.05, 3.63) is 41.5 Å². The molecule has 17 heavy (non-hydrogen) atoms. The molecule has 0 amide bonds. The van der Waals surface area contributed by atoms with Gasteiger partial charge in [0.15, 0.2) is 0 Å². The van der Waals surface area contributed by atoms with E-state index < -0.39 is 0 Å². The van der Waals surface area contributed by atoms with E-state index in [1.807, 2.05) is 33.8 Å². The molecule has 1 aromatic carbocycles. The molecule has 0 fully saturated rings. The first-order chi connectivity index (χ1) is 8.15. The van der Waals surface area contributed by atoms with Crippen molar-refractivity contribution < 1.29 is 0 Å². The molecular weight excluding hydrogens is 204 g/mol. The van der Waals surface area contributed by atoms with Crippen molar-refractivity contribution in [2.75, 3.05) is 0 Å². The molecule has 0 saturated heterocycles. The number of hydrogen-bond donors (Lipinski definition) is 0. The van der Waals surface area contributed by atoms with Gasteiger partial charge in [0.05, 0.1) is 0 Å². The summed E-state index contributed by atoms with van der Waals surface area (Å²) in [6, 6.07) is 6.37. The van der Waals surface area contributed by atoms with E-state index in [1.165, 1.54) is 23.1 Å². The maximum atomic E-state index is 3.73. The fourth-order valence-electron chi connectivity index (χ4n) is 0.980. The van der Waals surface area contributed by atoms with Crippen molar-refractivity contribution in [1.82, 2.24) is 0 Å². The minimum absolute atomic E-state index is 1.24. The van der Waals surface area contributed by atoms with Gasteiger partial charge in [0, 0.05) is 0 Å². The normalized spacial score (nSPS) is 7.29. The summed E-state index contributed by atoms with van der Waals surface area (Å²) < 4.78 is 0. The summed E-state index contributed by atoms with van der Waals surface area (Å²) in [5, 5.41) is 0. The first-order valence-electron chi connectivity index (χ1n) is 6.85. The van der Waals surface area contributed by atoms with Gasteiger partial charge in [-0.2, -0.15) is 0 Å². The molecular formula is C17H32. The molecule has 0 aromatic heterocycles. The molecule has 0 aliphatic heterocycles. The quantitative estimate of drug-likeness (QED) is 0.528. The standard InChI is InChI=1S/C10H12.C3H8.2C2H6/c1-4-10-7-8(2)5-6-9(10)3;1-3-2;2*1-2/h4-7H,1H2,2-3H3;3H2,1-2H3;2*1-2H3. The first-order valence-corrected chi connectivity index (χ1v) is 6.85. The van der Waals surface area contributed by atoms with Gasteiger partial charge in [0.2, 0.25) is 0 Å². The van der Waals surface area contributed by atoms with E-state index in [4.69, 9.17) is 0 Å². The average Bonchev–Trinajstić information content (AvgIpc) is 2.38. The highest BCUT2D eigenvalue weighted by Crippen LogP contribution is 2.10. The summed E-state index contributed by atoms with van der Waals surface area (Å²) in [5.74, 6) is 0. The summed E-state index contributed by atoms with van der Waals surface area (Å²) in [6.07, 6.45) is 3.14. The van der Waals surface area contributed by atoms with E-state index in [2.05, 4.69) is 52.5 Å². The van der Waals surface area contributed by atoms with Gasteiger partial charge in [0.1, 0.15) is 0 Å². The maximum absolute atomic E-state index is 3.73. The third-order valence-electron chi connectivity index (χ3n) is 1.65. The summed E-state index contributed by atoms with van der Waals surface area (Å²) in [5.41, 5.74) is 3.82. The van der Waals surface area contributed by atoms with Crippen LogP contribution < -0.4 is 0 Å². The third-order valence-corrected chi connectivity index (χ3v) is 1.65. The van der Waals surface area contributed by atoms with Crippen molar-refractivity contribution in [3.63, 3.8) is 0 Å². The molecule has 100 valence electrons. The molecule has 0 aliphatic carbocycles. The van der Waals surface area contributed by atoms with Crippen LogP contribution in [0.4, 0.5) is 0 Å². The zero-order valence-electron chi connectivity index (χ0n) is 13.2. The minimum Gasteiger partial charge on any atom is -0.0985 e. The van der Waals surface area contributed by atoms with E-state index in [0.29, 0.717) is 0 Å². The van der Waals surface area contributed by atoms with Crippen LogP contribution in [-0.2, 0) is 0 Å². The van der Waals surface area contributed by atoms with Gasteiger partial charge in [-0.05, 0) is 25.0 Å². The molecule has 0 saturated carbocycles. The van der Waals surface area contributed by atoms with Crippen LogP contribution in [0.15, 0.2) is 24.8 Å². The van der Waals surface area contributed by atoms with E-state index in [1.54, 1.807) is 0 Å². The fraction of sp³-hybridized carbons (Fsp3) is 0.529. The molecule has 0 nitrogen and oxygen atoms in total. The second-order valence-electron chi connectivity index (χ2n) is 3.27. The molecule has 0 heterocycles. The predicted molar refractivity (Wildman–Crippen MR) is 84.7 cm³/mol. The second-order valence-corrected chi connectivity index (χ2v) is 3.27. The Morgan fingerprint density at radius 2 is 1.41 bits per heavy atom. The number of hydrogen-bond acceptors (Lipinski definition) is 0. The van der Waals surface area contributed by atoms with Gasteiger partial charge in [-0.15, -0.1) is 0 Å². The molecule has 1 rings (SSSR count). The zero-order valence-corrected chi connectivity index (χ0v) is 13.2. The highest BCUT2D eigenvalue weighted by Gasteiger charge is 1.91. The maximum Gasteiger partial charge on any atom is -0.0231 e. The zero-order chi connectivity index (χ0) is 14.3. The lowest BCUT2D eigenvalue weighted by atomic mass is 10.1. The summed E-state index contributed by atoms with van der Waals surface area (Å²) >= 11 is 0. The molecule has 0 bridgehead atoms. The Morgan fingerprint density at radius 1 is 1.00 bits per heavy atom. The van der Waals surface area contributed by atoms with Gasteiger partial charge in [0.25, 0.3) is 0 Å². The molecule has 1 aromatic rings. The Hall–Kier alpha value is -1.04. The molecule has 0 spiro atoms. The smallest absolute Gasteiger partial charge is 0.0231 e. The first kappa shape index (κ1) is 21.3. The summed E-state index contributed by atoms with van der Waals surface area (Å²) in [4.78, 5) is 0. The molecule has 0 atom stereocenters. The predicted octanol–water partition coefficient (Wildman–Crippen LogP) is 6.42. The van der Waals surface area contributed by atoms with Gasteiger partial charge < -0.3 is 0 Å². The Labute approximate surface area is 110 Å².